The summed E-state index contributed by atoms with van der Waals surface area (Å²) in [5.74, 6) is -0.841. The molecule has 0 aliphatic carbocycles. The molecule has 0 spiro atoms. The molecule has 1 saturated heterocycles. The number of hydrogen-bond acceptors (Lipinski definition) is 5. The van der Waals surface area contributed by atoms with E-state index >= 15 is 0 Å². The third-order valence-corrected chi connectivity index (χ3v) is 3.77. The Balaban J connectivity index is 0.00000243. The highest BCUT2D eigenvalue weighted by Gasteiger charge is 2.31. The maximum Gasteiger partial charge on any atom is 0.573 e. The van der Waals surface area contributed by atoms with Crippen LogP contribution in [0, 0.1) is 0 Å². The monoisotopic (exact) mass is 391 g/mol. The molecule has 0 saturated carbocycles. The predicted octanol–water partition coefficient (Wildman–Crippen LogP) is 2.78. The van der Waals surface area contributed by atoms with Crippen LogP contribution in [0.1, 0.15) is 29.4 Å². The molecular weight excluding hydrogens is 375 g/mol. The number of carbonyl (C=O) groups excluding carboxylic acids is 1. The van der Waals surface area contributed by atoms with Gasteiger partial charge < -0.3 is 15.4 Å². The third-order valence-electron chi connectivity index (χ3n) is 3.77. The van der Waals surface area contributed by atoms with Gasteiger partial charge in [-0.15, -0.1) is 30.7 Å². The lowest BCUT2D eigenvalue weighted by Gasteiger charge is -2.22. The predicted molar refractivity (Wildman–Crippen MR) is 89.5 cm³/mol. The molecule has 1 aromatic carbocycles. The lowest BCUT2D eigenvalue weighted by molar-refractivity contribution is -0.274. The number of rotatable bonds is 4. The van der Waals surface area contributed by atoms with Gasteiger partial charge in [0.2, 0.25) is 0 Å². The van der Waals surface area contributed by atoms with Crippen molar-refractivity contribution in [2.75, 3.05) is 18.4 Å². The Morgan fingerprint density at radius 1 is 1.23 bits per heavy atom. The highest BCUT2D eigenvalue weighted by molar-refractivity contribution is 6.02. The first kappa shape index (κ1) is 20.0. The van der Waals surface area contributed by atoms with E-state index in [0.29, 0.717) is 5.69 Å². The largest absolute Gasteiger partial charge is 0.573 e. The van der Waals surface area contributed by atoms with Crippen molar-refractivity contribution in [2.24, 2.45) is 0 Å². The van der Waals surface area contributed by atoms with E-state index in [1.807, 2.05) is 0 Å². The molecule has 7 nitrogen and oxygen atoms in total. The molecule has 3 rings (SSSR count). The van der Waals surface area contributed by atoms with Gasteiger partial charge in [0.1, 0.15) is 5.75 Å². The first-order valence-corrected chi connectivity index (χ1v) is 7.70. The minimum absolute atomic E-state index is 0. The van der Waals surface area contributed by atoms with Crippen LogP contribution in [0.2, 0.25) is 0 Å². The molecule has 11 heteroatoms. The molecule has 1 aromatic heterocycles. The molecule has 26 heavy (non-hydrogen) atoms. The molecule has 0 unspecified atom stereocenters. The summed E-state index contributed by atoms with van der Waals surface area (Å²) in [5, 5.41) is 13.7. The van der Waals surface area contributed by atoms with Gasteiger partial charge in [0.05, 0.1) is 12.2 Å². The Bertz CT molecular complexity index is 730. The molecule has 2 aromatic rings. The second kappa shape index (κ2) is 8.37. The van der Waals surface area contributed by atoms with E-state index < -0.39 is 12.3 Å². The van der Waals surface area contributed by atoms with E-state index in [4.69, 9.17) is 0 Å². The van der Waals surface area contributed by atoms with Crippen LogP contribution in [0.3, 0.4) is 0 Å². The van der Waals surface area contributed by atoms with Gasteiger partial charge in [0.15, 0.2) is 5.69 Å². The molecule has 142 valence electrons. The molecule has 1 fully saturated rings. The molecule has 2 N–H and O–H groups in total. The number of nitrogens with zero attached hydrogens (tertiary/aromatic N) is 3. The maximum atomic E-state index is 12.2. The number of amides is 1. The van der Waals surface area contributed by atoms with Gasteiger partial charge in [-0.3, -0.25) is 4.79 Å². The summed E-state index contributed by atoms with van der Waals surface area (Å²) in [5.41, 5.74) is 0.477. The van der Waals surface area contributed by atoms with E-state index in [2.05, 4.69) is 25.7 Å². The summed E-state index contributed by atoms with van der Waals surface area (Å²) in [6.45, 7) is 1.77. The van der Waals surface area contributed by atoms with Crippen molar-refractivity contribution in [3.8, 4) is 5.75 Å². The zero-order valence-electron chi connectivity index (χ0n) is 13.5. The number of benzene rings is 1. The normalized spacial score (nSPS) is 15.2. The first-order chi connectivity index (χ1) is 11.9. The fraction of sp³-hybridized carbons (Fsp3) is 0.400. The van der Waals surface area contributed by atoms with Crippen molar-refractivity contribution in [1.82, 2.24) is 20.3 Å². The van der Waals surface area contributed by atoms with Crippen molar-refractivity contribution in [3.63, 3.8) is 0 Å². The van der Waals surface area contributed by atoms with Crippen LogP contribution in [0.5, 0.6) is 5.75 Å². The standard InChI is InChI=1S/C15H16F3N5O2.ClH/c16-15(17,18)25-12-3-1-10(2-4-12)20-14(24)13-9-23(22-21-13)11-5-7-19-8-6-11;/h1-4,9,11,19H,5-8H2,(H,20,24);1H. The van der Waals surface area contributed by atoms with Crippen LogP contribution in [0.4, 0.5) is 18.9 Å². The number of alkyl halides is 3. The summed E-state index contributed by atoms with van der Waals surface area (Å²) < 4.78 is 41.8. The summed E-state index contributed by atoms with van der Waals surface area (Å²) in [4.78, 5) is 12.2. The van der Waals surface area contributed by atoms with E-state index in [-0.39, 0.29) is 29.9 Å². The molecule has 0 radical (unpaired) electrons. The zero-order valence-corrected chi connectivity index (χ0v) is 14.3. The highest BCUT2D eigenvalue weighted by atomic mass is 35.5. The van der Waals surface area contributed by atoms with E-state index in [1.165, 1.54) is 12.1 Å². The minimum Gasteiger partial charge on any atom is -0.406 e. The Labute approximate surface area is 153 Å². The number of carbonyl (C=O) groups is 1. The van der Waals surface area contributed by atoms with Crippen LogP contribution >= 0.6 is 12.4 Å². The van der Waals surface area contributed by atoms with Crippen LogP contribution in [-0.4, -0.2) is 40.4 Å². The second-order valence-corrected chi connectivity index (χ2v) is 5.59. The lowest BCUT2D eigenvalue weighted by atomic mass is 10.1. The van der Waals surface area contributed by atoms with Gasteiger partial charge in [-0.1, -0.05) is 5.21 Å². The molecule has 0 atom stereocenters. The van der Waals surface area contributed by atoms with E-state index in [9.17, 15) is 18.0 Å². The Morgan fingerprint density at radius 3 is 2.50 bits per heavy atom. The molecular formula is C15H17ClF3N5O2. The van der Waals surface area contributed by atoms with Crippen LogP contribution in [-0.2, 0) is 0 Å². The van der Waals surface area contributed by atoms with Crippen LogP contribution < -0.4 is 15.4 Å². The molecule has 1 aliphatic heterocycles. The smallest absolute Gasteiger partial charge is 0.406 e. The van der Waals surface area contributed by atoms with Gasteiger partial charge in [-0.2, -0.15) is 0 Å². The minimum atomic E-state index is -4.75. The number of piperidine rings is 1. The number of hydrogen-bond donors (Lipinski definition) is 2. The molecule has 2 heterocycles. The van der Waals surface area contributed by atoms with Crippen LogP contribution in [0.15, 0.2) is 30.5 Å². The average molecular weight is 392 g/mol. The number of nitrogens with one attached hydrogen (secondary N) is 2. The zero-order chi connectivity index (χ0) is 17.9. The number of anilines is 1. The van der Waals surface area contributed by atoms with Crippen molar-refractivity contribution in [2.45, 2.75) is 25.2 Å². The van der Waals surface area contributed by atoms with Crippen molar-refractivity contribution in [1.29, 1.82) is 0 Å². The lowest BCUT2D eigenvalue weighted by Crippen LogP contribution is -2.29. The summed E-state index contributed by atoms with van der Waals surface area (Å²) in [6.07, 6.45) is -1.36. The molecule has 0 bridgehead atoms. The average Bonchev–Trinajstić information content (AvgIpc) is 3.06. The number of aromatic nitrogens is 3. The van der Waals surface area contributed by atoms with Gasteiger partial charge >= 0.3 is 6.36 Å². The highest BCUT2D eigenvalue weighted by Crippen LogP contribution is 2.24. The van der Waals surface area contributed by atoms with Gasteiger partial charge in [-0.05, 0) is 50.2 Å². The van der Waals surface area contributed by atoms with Crippen molar-refractivity contribution >= 4 is 24.0 Å². The number of halogens is 4. The Hall–Kier alpha value is -2.33. The van der Waals surface area contributed by atoms with Crippen molar-refractivity contribution in [3.05, 3.63) is 36.2 Å². The summed E-state index contributed by atoms with van der Waals surface area (Å²) in [6, 6.07) is 5.07. The van der Waals surface area contributed by atoms with Gasteiger partial charge in [0.25, 0.3) is 5.91 Å². The SMILES string of the molecule is Cl.O=C(Nc1ccc(OC(F)(F)F)cc1)c1cn(C2CCNCC2)nn1. The maximum absolute atomic E-state index is 12.2. The Morgan fingerprint density at radius 2 is 1.88 bits per heavy atom. The molecule has 1 aliphatic rings. The fourth-order valence-electron chi connectivity index (χ4n) is 2.57. The fourth-order valence-corrected chi connectivity index (χ4v) is 2.57. The van der Waals surface area contributed by atoms with E-state index in [0.717, 1.165) is 38.1 Å². The second-order valence-electron chi connectivity index (χ2n) is 5.59. The Kier molecular flexibility index (Phi) is 6.43. The first-order valence-electron chi connectivity index (χ1n) is 7.70. The topological polar surface area (TPSA) is 81.1 Å². The third kappa shape index (κ3) is 5.33. The summed E-state index contributed by atoms with van der Waals surface area (Å²) in [7, 11) is 0. The van der Waals surface area contributed by atoms with Crippen molar-refractivity contribution < 1.29 is 22.7 Å². The molecule has 1 amide bonds. The number of ether oxygens (including phenoxy) is 1. The van der Waals surface area contributed by atoms with Crippen LogP contribution in [0.25, 0.3) is 0 Å². The van der Waals surface area contributed by atoms with Gasteiger partial charge in [-0.25, -0.2) is 4.68 Å². The van der Waals surface area contributed by atoms with Gasteiger partial charge in [0, 0.05) is 5.69 Å². The quantitative estimate of drug-likeness (QED) is 0.837. The summed E-state index contributed by atoms with van der Waals surface area (Å²) >= 11 is 0. The van der Waals surface area contributed by atoms with E-state index in [1.54, 1.807) is 10.9 Å².